The molecular formula is C21H26N4O5. The second kappa shape index (κ2) is 9.93. The Morgan fingerprint density at radius 2 is 1.80 bits per heavy atom. The van der Waals surface area contributed by atoms with Gasteiger partial charge in [-0.15, -0.1) is 0 Å². The van der Waals surface area contributed by atoms with E-state index < -0.39 is 17.1 Å². The zero-order valence-corrected chi connectivity index (χ0v) is 16.9. The quantitative estimate of drug-likeness (QED) is 0.522. The molecule has 0 aliphatic carbocycles. The van der Waals surface area contributed by atoms with Gasteiger partial charge < -0.3 is 20.1 Å². The number of carbonyl (C=O) groups is 1. The number of rotatable bonds is 8. The standard InChI is InChI=1S/C21H26N4O5/c1-29-17-8-6-16(7-9-17)24-14-12-23(13-15-24)11-10-20(30-21(22)26)18-4-2-3-5-19(18)25(27)28/h2-9,20H,10-15H2,1H3,(H2,22,26). The summed E-state index contributed by atoms with van der Waals surface area (Å²) in [6, 6.07) is 14.3. The Kier molecular flexibility index (Phi) is 7.08. The lowest BCUT2D eigenvalue weighted by Gasteiger charge is -2.36. The van der Waals surface area contributed by atoms with Gasteiger partial charge in [-0.2, -0.15) is 0 Å². The second-order valence-electron chi connectivity index (χ2n) is 7.06. The van der Waals surface area contributed by atoms with Gasteiger partial charge in [-0.25, -0.2) is 4.79 Å². The van der Waals surface area contributed by atoms with E-state index in [1.54, 1.807) is 25.3 Å². The van der Waals surface area contributed by atoms with Gasteiger partial charge in [-0.3, -0.25) is 15.0 Å². The minimum absolute atomic E-state index is 0.0759. The highest BCUT2D eigenvalue weighted by molar-refractivity contribution is 5.65. The summed E-state index contributed by atoms with van der Waals surface area (Å²) in [7, 11) is 1.65. The summed E-state index contributed by atoms with van der Waals surface area (Å²) in [5, 5.41) is 11.3. The Hall–Kier alpha value is -3.33. The van der Waals surface area contributed by atoms with E-state index in [1.807, 2.05) is 24.3 Å². The zero-order chi connectivity index (χ0) is 21.5. The average molecular weight is 414 g/mol. The predicted molar refractivity (Wildman–Crippen MR) is 113 cm³/mol. The van der Waals surface area contributed by atoms with Crippen LogP contribution in [0.5, 0.6) is 5.75 Å². The number of hydrogen-bond acceptors (Lipinski definition) is 7. The monoisotopic (exact) mass is 414 g/mol. The highest BCUT2D eigenvalue weighted by Crippen LogP contribution is 2.30. The van der Waals surface area contributed by atoms with Gasteiger partial charge in [0.15, 0.2) is 0 Å². The molecule has 0 radical (unpaired) electrons. The van der Waals surface area contributed by atoms with Gasteiger partial charge in [-0.1, -0.05) is 12.1 Å². The molecule has 9 nitrogen and oxygen atoms in total. The number of nitrogens with two attached hydrogens (primary N) is 1. The maximum absolute atomic E-state index is 11.4. The van der Waals surface area contributed by atoms with Gasteiger partial charge in [0.2, 0.25) is 0 Å². The lowest BCUT2D eigenvalue weighted by molar-refractivity contribution is -0.386. The number of para-hydroxylation sites is 1. The summed E-state index contributed by atoms with van der Waals surface area (Å²) in [6.45, 7) is 4.04. The van der Waals surface area contributed by atoms with E-state index in [0.717, 1.165) is 37.6 Å². The lowest BCUT2D eigenvalue weighted by Crippen LogP contribution is -2.46. The van der Waals surface area contributed by atoms with Crippen LogP contribution >= 0.6 is 0 Å². The first-order chi connectivity index (χ1) is 14.5. The smallest absolute Gasteiger partial charge is 0.405 e. The van der Waals surface area contributed by atoms with Crippen LogP contribution in [-0.4, -0.2) is 55.8 Å². The number of nitro benzene ring substituents is 1. The fourth-order valence-corrected chi connectivity index (χ4v) is 3.67. The van der Waals surface area contributed by atoms with Crippen molar-refractivity contribution in [2.75, 3.05) is 44.7 Å². The number of amides is 1. The van der Waals surface area contributed by atoms with Gasteiger partial charge >= 0.3 is 6.09 Å². The van der Waals surface area contributed by atoms with Crippen LogP contribution in [-0.2, 0) is 4.74 Å². The van der Waals surface area contributed by atoms with Crippen LogP contribution in [0.4, 0.5) is 16.2 Å². The first kappa shape index (κ1) is 21.4. The van der Waals surface area contributed by atoms with E-state index >= 15 is 0 Å². The lowest BCUT2D eigenvalue weighted by atomic mass is 10.0. The van der Waals surface area contributed by atoms with Gasteiger partial charge in [0.05, 0.1) is 17.6 Å². The average Bonchev–Trinajstić information content (AvgIpc) is 2.77. The van der Waals surface area contributed by atoms with E-state index in [4.69, 9.17) is 15.2 Å². The molecule has 1 heterocycles. The highest BCUT2D eigenvalue weighted by atomic mass is 16.6. The van der Waals surface area contributed by atoms with Crippen molar-refractivity contribution in [3.63, 3.8) is 0 Å². The molecule has 1 aliphatic heterocycles. The van der Waals surface area contributed by atoms with Crippen molar-refractivity contribution in [2.45, 2.75) is 12.5 Å². The van der Waals surface area contributed by atoms with Gasteiger partial charge in [0.1, 0.15) is 11.9 Å². The largest absolute Gasteiger partial charge is 0.497 e. The Balaban J connectivity index is 1.59. The third-order valence-electron chi connectivity index (χ3n) is 5.26. The maximum Gasteiger partial charge on any atom is 0.405 e. The summed E-state index contributed by atoms with van der Waals surface area (Å²) in [4.78, 5) is 26.8. The van der Waals surface area contributed by atoms with Crippen molar-refractivity contribution in [1.29, 1.82) is 0 Å². The number of hydrogen-bond donors (Lipinski definition) is 1. The second-order valence-corrected chi connectivity index (χ2v) is 7.06. The molecule has 1 fully saturated rings. The first-order valence-corrected chi connectivity index (χ1v) is 9.78. The summed E-state index contributed by atoms with van der Waals surface area (Å²) < 4.78 is 10.4. The molecule has 1 saturated heterocycles. The predicted octanol–water partition coefficient (Wildman–Crippen LogP) is 2.95. The molecule has 1 amide bonds. The molecule has 2 N–H and O–H groups in total. The molecule has 2 aromatic rings. The molecule has 9 heteroatoms. The summed E-state index contributed by atoms with van der Waals surface area (Å²) >= 11 is 0. The molecule has 0 aromatic heterocycles. The van der Waals surface area contributed by atoms with Crippen molar-refractivity contribution in [3.05, 3.63) is 64.2 Å². The number of piperazine rings is 1. The molecule has 3 rings (SSSR count). The van der Waals surface area contributed by atoms with Crippen molar-refractivity contribution >= 4 is 17.5 Å². The van der Waals surface area contributed by atoms with Gasteiger partial charge in [-0.05, 0) is 30.3 Å². The Labute approximate surface area is 175 Å². The summed E-state index contributed by atoms with van der Waals surface area (Å²) in [5.74, 6) is 0.827. The number of anilines is 1. The fraction of sp³-hybridized carbons (Fsp3) is 0.381. The summed E-state index contributed by atoms with van der Waals surface area (Å²) in [5.41, 5.74) is 6.64. The molecule has 1 atom stereocenters. The molecular weight excluding hydrogens is 388 g/mol. The van der Waals surface area contributed by atoms with E-state index in [2.05, 4.69) is 9.80 Å². The van der Waals surface area contributed by atoms with Crippen LogP contribution in [0.2, 0.25) is 0 Å². The van der Waals surface area contributed by atoms with Crippen LogP contribution in [0.25, 0.3) is 0 Å². The minimum atomic E-state index is -0.942. The number of benzene rings is 2. The van der Waals surface area contributed by atoms with Crippen molar-refractivity contribution in [2.24, 2.45) is 5.73 Å². The molecule has 0 spiro atoms. The number of nitrogens with zero attached hydrogens (tertiary/aromatic N) is 3. The molecule has 0 saturated carbocycles. The molecule has 2 aromatic carbocycles. The maximum atomic E-state index is 11.4. The number of methoxy groups -OCH3 is 1. The summed E-state index contributed by atoms with van der Waals surface area (Å²) in [6.07, 6.45) is -1.28. The first-order valence-electron chi connectivity index (χ1n) is 9.78. The van der Waals surface area contributed by atoms with Crippen molar-refractivity contribution in [1.82, 2.24) is 4.90 Å². The van der Waals surface area contributed by atoms with E-state index in [9.17, 15) is 14.9 Å². The van der Waals surface area contributed by atoms with Crippen molar-refractivity contribution < 1.29 is 19.2 Å². The third kappa shape index (κ3) is 5.38. The van der Waals surface area contributed by atoms with Gasteiger partial charge in [0, 0.05) is 50.9 Å². The van der Waals surface area contributed by atoms with E-state index in [0.29, 0.717) is 18.5 Å². The topological polar surface area (TPSA) is 111 Å². The highest BCUT2D eigenvalue weighted by Gasteiger charge is 2.26. The molecule has 0 bridgehead atoms. The van der Waals surface area contributed by atoms with Gasteiger partial charge in [0.25, 0.3) is 5.69 Å². The Morgan fingerprint density at radius 1 is 1.13 bits per heavy atom. The normalized spacial score (nSPS) is 15.4. The van der Waals surface area contributed by atoms with E-state index in [-0.39, 0.29) is 5.69 Å². The van der Waals surface area contributed by atoms with Crippen LogP contribution in [0, 0.1) is 10.1 Å². The Bertz CT molecular complexity index is 866. The van der Waals surface area contributed by atoms with Crippen LogP contribution < -0.4 is 15.4 Å². The molecule has 160 valence electrons. The zero-order valence-electron chi connectivity index (χ0n) is 16.9. The van der Waals surface area contributed by atoms with E-state index in [1.165, 1.54) is 6.07 Å². The fourth-order valence-electron chi connectivity index (χ4n) is 3.67. The van der Waals surface area contributed by atoms with Crippen LogP contribution in [0.1, 0.15) is 18.1 Å². The van der Waals surface area contributed by atoms with Crippen molar-refractivity contribution in [3.8, 4) is 5.75 Å². The minimum Gasteiger partial charge on any atom is -0.497 e. The number of ether oxygens (including phenoxy) is 2. The molecule has 1 unspecified atom stereocenters. The molecule has 1 aliphatic rings. The van der Waals surface area contributed by atoms with Crippen LogP contribution in [0.3, 0.4) is 0 Å². The van der Waals surface area contributed by atoms with Crippen LogP contribution in [0.15, 0.2) is 48.5 Å². The molecule has 30 heavy (non-hydrogen) atoms. The SMILES string of the molecule is COc1ccc(N2CCN(CCC(OC(N)=O)c3ccccc3[N+](=O)[O-])CC2)cc1. The third-order valence-corrected chi connectivity index (χ3v) is 5.26. The number of primary amides is 1. The Morgan fingerprint density at radius 3 is 2.40 bits per heavy atom. The number of nitro groups is 1. The number of carbonyl (C=O) groups excluding carboxylic acids is 1.